The Kier molecular flexibility index (Phi) is 14.5. The largest absolute Gasteiger partial charge is 0.368 e. The van der Waals surface area contributed by atoms with Crippen LogP contribution in [-0.4, -0.2) is 107 Å². The van der Waals surface area contributed by atoms with Crippen LogP contribution in [0.15, 0.2) is 60.7 Å². The molecule has 2 aromatic rings. The van der Waals surface area contributed by atoms with E-state index in [1.165, 1.54) is 21.6 Å². The number of nitrogens with zero attached hydrogens (tertiary/aromatic N) is 4. The maximum atomic E-state index is 14.1. The Balaban J connectivity index is 1.94. The second-order valence-electron chi connectivity index (χ2n) is 12.1. The van der Waals surface area contributed by atoms with Crippen LogP contribution in [-0.2, 0) is 28.8 Å². The molecular formula is C35H48N6O6. The maximum absolute atomic E-state index is 14.1. The van der Waals surface area contributed by atoms with Crippen molar-refractivity contribution in [3.8, 4) is 0 Å². The third-order valence-electron chi connectivity index (χ3n) is 8.36. The molecule has 12 nitrogen and oxygen atoms in total. The van der Waals surface area contributed by atoms with Crippen LogP contribution < -0.4 is 11.1 Å². The Bertz CT molecular complexity index is 1370. The molecule has 254 valence electrons. The van der Waals surface area contributed by atoms with Crippen LogP contribution >= 0.6 is 0 Å². The van der Waals surface area contributed by atoms with Crippen LogP contribution in [0, 0.1) is 0 Å². The van der Waals surface area contributed by atoms with E-state index in [1.807, 2.05) is 74.5 Å². The number of ketones is 1. The predicted octanol–water partition coefficient (Wildman–Crippen LogP) is 2.06. The van der Waals surface area contributed by atoms with Gasteiger partial charge >= 0.3 is 0 Å². The van der Waals surface area contributed by atoms with Gasteiger partial charge in [-0.05, 0) is 51.2 Å². The van der Waals surface area contributed by atoms with Gasteiger partial charge in [-0.25, -0.2) is 0 Å². The molecular weight excluding hydrogens is 600 g/mol. The molecule has 0 spiro atoms. The molecule has 2 atom stereocenters. The van der Waals surface area contributed by atoms with Crippen LogP contribution in [0.2, 0.25) is 0 Å². The van der Waals surface area contributed by atoms with Gasteiger partial charge in [0.25, 0.3) is 0 Å². The van der Waals surface area contributed by atoms with Gasteiger partial charge in [0.15, 0.2) is 0 Å². The van der Waals surface area contributed by atoms with Gasteiger partial charge in [-0.15, -0.1) is 0 Å². The van der Waals surface area contributed by atoms with Gasteiger partial charge in [-0.2, -0.15) is 0 Å². The first kappa shape index (κ1) is 36.9. The topological polar surface area (TPSA) is 153 Å². The summed E-state index contributed by atoms with van der Waals surface area (Å²) in [7, 11) is 0. The summed E-state index contributed by atoms with van der Waals surface area (Å²) < 4.78 is 0. The minimum absolute atomic E-state index is 0.0351. The number of carbonyl (C=O) groups excluding carboxylic acids is 6. The van der Waals surface area contributed by atoms with Crippen molar-refractivity contribution in [2.24, 2.45) is 5.73 Å². The fourth-order valence-electron chi connectivity index (χ4n) is 5.63. The average Bonchev–Trinajstić information content (AvgIpc) is 3.04. The van der Waals surface area contributed by atoms with Crippen molar-refractivity contribution in [1.82, 2.24) is 24.9 Å². The van der Waals surface area contributed by atoms with Crippen molar-refractivity contribution in [2.45, 2.75) is 58.5 Å². The second-order valence-corrected chi connectivity index (χ2v) is 12.1. The molecule has 1 fully saturated rings. The third-order valence-corrected chi connectivity index (χ3v) is 8.36. The van der Waals surface area contributed by atoms with E-state index in [2.05, 4.69) is 5.32 Å². The molecule has 0 bridgehead atoms. The summed E-state index contributed by atoms with van der Waals surface area (Å²) in [6.45, 7) is 4.89. The molecule has 1 heterocycles. The number of hydrogen-bond acceptors (Lipinski definition) is 7. The molecule has 0 saturated carbocycles. The Hall–Kier alpha value is -4.58. The minimum Gasteiger partial charge on any atom is -0.368 e. The van der Waals surface area contributed by atoms with Crippen LogP contribution in [0.1, 0.15) is 69.7 Å². The molecule has 0 aromatic heterocycles. The summed E-state index contributed by atoms with van der Waals surface area (Å²) in [6.07, 6.45) is 1.59. The first-order valence-corrected chi connectivity index (χ1v) is 16.2. The first-order chi connectivity index (χ1) is 22.5. The van der Waals surface area contributed by atoms with Crippen LogP contribution in [0.4, 0.5) is 0 Å². The molecule has 3 rings (SSSR count). The summed E-state index contributed by atoms with van der Waals surface area (Å²) in [5.74, 6) is -2.25. The number of hydrogen-bond donors (Lipinski definition) is 2. The van der Waals surface area contributed by atoms with Gasteiger partial charge in [0.2, 0.25) is 29.5 Å². The lowest BCUT2D eigenvalue weighted by Gasteiger charge is -2.35. The number of nitrogens with one attached hydrogen (secondary N) is 1. The smallest absolute Gasteiger partial charge is 0.243 e. The molecule has 1 aliphatic rings. The van der Waals surface area contributed by atoms with Gasteiger partial charge in [0.1, 0.15) is 12.3 Å². The number of benzene rings is 2. The zero-order valence-electron chi connectivity index (χ0n) is 27.7. The summed E-state index contributed by atoms with van der Waals surface area (Å²) in [4.78, 5) is 84.2. The third kappa shape index (κ3) is 11.9. The Morgan fingerprint density at radius 3 is 2.09 bits per heavy atom. The minimum atomic E-state index is -0.674. The number of amides is 5. The van der Waals surface area contributed by atoms with Gasteiger partial charge in [0, 0.05) is 32.1 Å². The van der Waals surface area contributed by atoms with E-state index in [9.17, 15) is 28.8 Å². The fraction of sp³-hybridized carbons (Fsp3) is 0.486. The lowest BCUT2D eigenvalue weighted by molar-refractivity contribution is -0.147. The quantitative estimate of drug-likeness (QED) is 0.400. The van der Waals surface area contributed by atoms with E-state index >= 15 is 0 Å². The van der Waals surface area contributed by atoms with Crippen LogP contribution in [0.3, 0.4) is 0 Å². The number of Topliss-reactive ketones (excluding diaryl/α,β-unsaturated/α-hetero) is 1. The molecule has 12 heteroatoms. The fourth-order valence-corrected chi connectivity index (χ4v) is 5.63. The summed E-state index contributed by atoms with van der Waals surface area (Å²) in [5.41, 5.74) is 7.19. The highest BCUT2D eigenvalue weighted by atomic mass is 16.2. The van der Waals surface area contributed by atoms with Gasteiger partial charge in [0.05, 0.1) is 32.2 Å². The number of rotatable bonds is 10. The molecule has 5 amide bonds. The van der Waals surface area contributed by atoms with Gasteiger partial charge in [-0.1, -0.05) is 60.7 Å². The molecule has 0 aliphatic carbocycles. The lowest BCUT2D eigenvalue weighted by Crippen LogP contribution is -2.51. The number of nitrogens with two attached hydrogens (primary N) is 1. The van der Waals surface area contributed by atoms with Crippen molar-refractivity contribution >= 4 is 35.3 Å². The normalized spacial score (nSPS) is 17.3. The van der Waals surface area contributed by atoms with Crippen molar-refractivity contribution in [3.05, 3.63) is 71.8 Å². The first-order valence-electron chi connectivity index (χ1n) is 16.2. The lowest BCUT2D eigenvalue weighted by atomic mass is 10.1. The highest BCUT2D eigenvalue weighted by Crippen LogP contribution is 2.22. The standard InChI is InChI=1S/C35H48N6O6/c1-26(42)21-40(27(2)29-13-6-4-7-14-29)23-33(45)39-20-12-17-32(44)37-18-10-11-19-38(22-31(36)43)34(46)25-41(35(47)24-39)28(3)30-15-8-5-9-16-30/h4-9,13-16,27-28H,10-12,17-25H2,1-3H3,(H2,36,43)(H,37,44). The molecule has 3 N–H and O–H groups in total. The average molecular weight is 649 g/mol. The summed E-state index contributed by atoms with van der Waals surface area (Å²) in [5, 5.41) is 2.85. The van der Waals surface area contributed by atoms with E-state index in [0.717, 1.165) is 11.1 Å². The van der Waals surface area contributed by atoms with Crippen molar-refractivity contribution in [2.75, 3.05) is 52.4 Å². The van der Waals surface area contributed by atoms with E-state index in [1.54, 1.807) is 4.90 Å². The van der Waals surface area contributed by atoms with Crippen LogP contribution in [0.5, 0.6) is 0 Å². The van der Waals surface area contributed by atoms with E-state index in [-0.39, 0.29) is 75.9 Å². The zero-order valence-corrected chi connectivity index (χ0v) is 27.7. The Morgan fingerprint density at radius 1 is 0.830 bits per heavy atom. The van der Waals surface area contributed by atoms with E-state index in [4.69, 9.17) is 5.73 Å². The number of carbonyl (C=O) groups is 6. The van der Waals surface area contributed by atoms with Crippen molar-refractivity contribution in [1.29, 1.82) is 0 Å². The SMILES string of the molecule is CC(=O)CN(CC(=O)N1CCCC(=O)NCCCCN(CC(N)=O)C(=O)CN(C(C)c2ccccc2)C(=O)C1)C(C)c1ccccc1. The Morgan fingerprint density at radius 2 is 1.47 bits per heavy atom. The predicted molar refractivity (Wildman–Crippen MR) is 178 cm³/mol. The van der Waals surface area contributed by atoms with Crippen molar-refractivity contribution in [3.63, 3.8) is 0 Å². The summed E-state index contributed by atoms with van der Waals surface area (Å²) in [6, 6.07) is 18.0. The second kappa shape index (κ2) is 18.5. The van der Waals surface area contributed by atoms with E-state index < -0.39 is 23.8 Å². The highest BCUT2D eigenvalue weighted by molar-refractivity contribution is 5.90. The molecule has 47 heavy (non-hydrogen) atoms. The number of primary amides is 1. The Labute approximate surface area is 277 Å². The molecule has 2 unspecified atom stereocenters. The zero-order chi connectivity index (χ0) is 34.3. The molecule has 1 aliphatic heterocycles. The summed E-state index contributed by atoms with van der Waals surface area (Å²) >= 11 is 0. The molecule has 0 radical (unpaired) electrons. The van der Waals surface area contributed by atoms with E-state index in [0.29, 0.717) is 25.8 Å². The van der Waals surface area contributed by atoms with Gasteiger partial charge < -0.3 is 25.8 Å². The maximum Gasteiger partial charge on any atom is 0.243 e. The monoisotopic (exact) mass is 648 g/mol. The molecule has 1 saturated heterocycles. The van der Waals surface area contributed by atoms with Crippen LogP contribution in [0.25, 0.3) is 0 Å². The molecule has 2 aromatic carbocycles. The van der Waals surface area contributed by atoms with Gasteiger partial charge in [-0.3, -0.25) is 33.7 Å². The van der Waals surface area contributed by atoms with Crippen molar-refractivity contribution < 1.29 is 28.8 Å². The highest BCUT2D eigenvalue weighted by Gasteiger charge is 2.30.